The van der Waals surface area contributed by atoms with Gasteiger partial charge in [-0.25, -0.2) is 0 Å². The number of halogens is 1. The zero-order valence-corrected chi connectivity index (χ0v) is 8.05. The van der Waals surface area contributed by atoms with E-state index >= 15 is 0 Å². The first kappa shape index (κ1) is 8.79. The summed E-state index contributed by atoms with van der Waals surface area (Å²) in [6.07, 6.45) is 2.76. The first-order valence-electron chi connectivity index (χ1n) is 4.28. The predicted octanol–water partition coefficient (Wildman–Crippen LogP) is 3.14. The lowest BCUT2D eigenvalue weighted by Crippen LogP contribution is -2.06. The SMILES string of the molecule is C=CCC1(c2ccc(Cl)cc2)CO1. The van der Waals surface area contributed by atoms with Crippen molar-refractivity contribution in [1.82, 2.24) is 0 Å². The lowest BCUT2D eigenvalue weighted by atomic mass is 9.97. The second-order valence-electron chi connectivity index (χ2n) is 3.28. The molecule has 2 rings (SSSR count). The van der Waals surface area contributed by atoms with Gasteiger partial charge in [0.1, 0.15) is 5.60 Å². The van der Waals surface area contributed by atoms with Crippen LogP contribution in [0.5, 0.6) is 0 Å². The Bertz CT molecular complexity index is 311. The zero-order chi connectivity index (χ0) is 9.31. The largest absolute Gasteiger partial charge is 0.364 e. The van der Waals surface area contributed by atoms with E-state index in [1.807, 2.05) is 30.3 Å². The predicted molar refractivity (Wildman–Crippen MR) is 53.9 cm³/mol. The molecule has 0 saturated carbocycles. The molecule has 0 spiro atoms. The summed E-state index contributed by atoms with van der Waals surface area (Å²) < 4.78 is 5.45. The topological polar surface area (TPSA) is 12.5 Å². The van der Waals surface area contributed by atoms with Crippen molar-refractivity contribution in [3.8, 4) is 0 Å². The molecule has 68 valence electrons. The lowest BCUT2D eigenvalue weighted by molar-refractivity contribution is 0.310. The average molecular weight is 195 g/mol. The molecule has 0 radical (unpaired) electrons. The smallest absolute Gasteiger partial charge is 0.120 e. The van der Waals surface area contributed by atoms with Crippen LogP contribution >= 0.6 is 11.6 Å². The summed E-state index contributed by atoms with van der Waals surface area (Å²) in [5.41, 5.74) is 1.10. The molecule has 13 heavy (non-hydrogen) atoms. The Morgan fingerprint density at radius 2 is 2.08 bits per heavy atom. The maximum Gasteiger partial charge on any atom is 0.120 e. The molecular formula is C11H11ClO. The molecule has 1 aliphatic heterocycles. The van der Waals surface area contributed by atoms with Gasteiger partial charge in [0.05, 0.1) is 6.61 Å². The van der Waals surface area contributed by atoms with Crippen LogP contribution in [0.4, 0.5) is 0 Å². The summed E-state index contributed by atoms with van der Waals surface area (Å²) in [5, 5.41) is 0.762. The van der Waals surface area contributed by atoms with Gasteiger partial charge in [0, 0.05) is 11.4 Å². The molecule has 0 bridgehead atoms. The molecule has 0 amide bonds. The van der Waals surface area contributed by atoms with Gasteiger partial charge in [0.25, 0.3) is 0 Å². The van der Waals surface area contributed by atoms with Crippen molar-refractivity contribution in [3.05, 3.63) is 47.5 Å². The summed E-state index contributed by atoms with van der Waals surface area (Å²) >= 11 is 5.80. The molecule has 1 nitrogen and oxygen atoms in total. The number of ether oxygens (including phenoxy) is 1. The second kappa shape index (κ2) is 3.17. The lowest BCUT2D eigenvalue weighted by Gasteiger charge is -2.08. The van der Waals surface area contributed by atoms with E-state index in [1.54, 1.807) is 0 Å². The van der Waals surface area contributed by atoms with Crippen LogP contribution < -0.4 is 0 Å². The fraction of sp³-hybridized carbons (Fsp3) is 0.273. The van der Waals surface area contributed by atoms with Crippen LogP contribution in [0.1, 0.15) is 12.0 Å². The van der Waals surface area contributed by atoms with Crippen LogP contribution in [-0.2, 0) is 10.3 Å². The Balaban J connectivity index is 2.25. The Morgan fingerprint density at radius 1 is 1.46 bits per heavy atom. The number of benzene rings is 1. The van der Waals surface area contributed by atoms with Crippen molar-refractivity contribution in [3.63, 3.8) is 0 Å². The molecule has 1 aromatic rings. The van der Waals surface area contributed by atoms with Crippen LogP contribution in [0.25, 0.3) is 0 Å². The molecule has 1 aromatic carbocycles. The van der Waals surface area contributed by atoms with Gasteiger partial charge in [-0.3, -0.25) is 0 Å². The van der Waals surface area contributed by atoms with Crippen molar-refractivity contribution in [2.75, 3.05) is 6.61 Å². The number of epoxide rings is 1. The van der Waals surface area contributed by atoms with Gasteiger partial charge in [-0.1, -0.05) is 29.8 Å². The Morgan fingerprint density at radius 3 is 2.54 bits per heavy atom. The molecule has 1 atom stereocenters. The van der Waals surface area contributed by atoms with E-state index in [0.717, 1.165) is 18.1 Å². The van der Waals surface area contributed by atoms with Gasteiger partial charge in [0.2, 0.25) is 0 Å². The van der Waals surface area contributed by atoms with E-state index < -0.39 is 0 Å². The van der Waals surface area contributed by atoms with Crippen molar-refractivity contribution in [2.24, 2.45) is 0 Å². The highest BCUT2D eigenvalue weighted by Gasteiger charge is 2.44. The van der Waals surface area contributed by atoms with Crippen LogP contribution in [0.3, 0.4) is 0 Å². The van der Waals surface area contributed by atoms with Crippen molar-refractivity contribution >= 4 is 11.6 Å². The molecule has 1 aliphatic rings. The average Bonchev–Trinajstić information content (AvgIpc) is 2.87. The molecule has 1 saturated heterocycles. The highest BCUT2D eigenvalue weighted by Crippen LogP contribution is 2.42. The summed E-state index contributed by atoms with van der Waals surface area (Å²) in [6.45, 7) is 4.52. The molecule has 0 aromatic heterocycles. The Hall–Kier alpha value is -0.790. The van der Waals surface area contributed by atoms with E-state index in [2.05, 4.69) is 6.58 Å². The molecule has 0 N–H and O–H groups in total. The van der Waals surface area contributed by atoms with Gasteiger partial charge in [0.15, 0.2) is 0 Å². The summed E-state index contributed by atoms with van der Waals surface area (Å²) in [6, 6.07) is 7.81. The molecule has 1 heterocycles. The molecule has 2 heteroatoms. The van der Waals surface area contributed by atoms with E-state index in [4.69, 9.17) is 16.3 Å². The third kappa shape index (κ3) is 1.62. The van der Waals surface area contributed by atoms with E-state index in [0.29, 0.717) is 0 Å². The van der Waals surface area contributed by atoms with E-state index in [-0.39, 0.29) is 5.60 Å². The van der Waals surface area contributed by atoms with E-state index in [9.17, 15) is 0 Å². The summed E-state index contributed by atoms with van der Waals surface area (Å²) in [5.74, 6) is 0. The quantitative estimate of drug-likeness (QED) is 0.532. The number of hydrogen-bond donors (Lipinski definition) is 0. The van der Waals surface area contributed by atoms with E-state index in [1.165, 1.54) is 5.56 Å². The molecule has 1 unspecified atom stereocenters. The highest BCUT2D eigenvalue weighted by molar-refractivity contribution is 6.30. The minimum absolute atomic E-state index is 0.0909. The minimum Gasteiger partial charge on any atom is -0.364 e. The molecular weight excluding hydrogens is 184 g/mol. The first-order valence-corrected chi connectivity index (χ1v) is 4.65. The van der Waals surface area contributed by atoms with Gasteiger partial charge in [-0.15, -0.1) is 6.58 Å². The minimum atomic E-state index is -0.0909. The van der Waals surface area contributed by atoms with Crippen molar-refractivity contribution in [1.29, 1.82) is 0 Å². The van der Waals surface area contributed by atoms with Gasteiger partial charge < -0.3 is 4.74 Å². The third-order valence-electron chi connectivity index (χ3n) is 2.34. The second-order valence-corrected chi connectivity index (χ2v) is 3.72. The van der Waals surface area contributed by atoms with Gasteiger partial charge in [-0.05, 0) is 17.7 Å². The Labute approximate surface area is 83.0 Å². The van der Waals surface area contributed by atoms with Crippen molar-refractivity contribution < 1.29 is 4.74 Å². The van der Waals surface area contributed by atoms with Crippen LogP contribution in [-0.4, -0.2) is 6.61 Å². The molecule has 0 aliphatic carbocycles. The van der Waals surface area contributed by atoms with Crippen molar-refractivity contribution in [2.45, 2.75) is 12.0 Å². The fourth-order valence-corrected chi connectivity index (χ4v) is 1.60. The maximum atomic E-state index is 5.80. The maximum absolute atomic E-state index is 5.80. The third-order valence-corrected chi connectivity index (χ3v) is 2.59. The zero-order valence-electron chi connectivity index (χ0n) is 7.29. The van der Waals surface area contributed by atoms with Crippen LogP contribution in [0.15, 0.2) is 36.9 Å². The molecule has 1 fully saturated rings. The fourth-order valence-electron chi connectivity index (χ4n) is 1.48. The van der Waals surface area contributed by atoms with Crippen LogP contribution in [0.2, 0.25) is 5.02 Å². The van der Waals surface area contributed by atoms with Gasteiger partial charge >= 0.3 is 0 Å². The summed E-state index contributed by atoms with van der Waals surface area (Å²) in [7, 11) is 0. The number of rotatable bonds is 3. The highest BCUT2D eigenvalue weighted by atomic mass is 35.5. The Kier molecular flexibility index (Phi) is 2.14. The monoisotopic (exact) mass is 194 g/mol. The van der Waals surface area contributed by atoms with Gasteiger partial charge in [-0.2, -0.15) is 0 Å². The first-order chi connectivity index (χ1) is 6.27. The van der Waals surface area contributed by atoms with Crippen LogP contribution in [0, 0.1) is 0 Å². The number of hydrogen-bond acceptors (Lipinski definition) is 1. The normalized spacial score (nSPS) is 25.6. The standard InChI is InChI=1S/C11H11ClO/c1-2-7-11(8-13-11)9-3-5-10(12)6-4-9/h2-6H,1,7-8H2. The summed E-state index contributed by atoms with van der Waals surface area (Å²) in [4.78, 5) is 0.